The average Bonchev–Trinajstić information content (AvgIpc) is 2.81. The van der Waals surface area contributed by atoms with Crippen LogP contribution < -0.4 is 19.7 Å². The number of hydrogen-bond donors (Lipinski definition) is 1. The Morgan fingerprint density at radius 2 is 1.75 bits per heavy atom. The molecule has 0 spiro atoms. The van der Waals surface area contributed by atoms with Crippen molar-refractivity contribution in [3.63, 3.8) is 0 Å². The minimum atomic E-state index is -0.816. The van der Waals surface area contributed by atoms with Crippen LogP contribution in [0.25, 0.3) is 16.8 Å². The molecule has 1 saturated heterocycles. The molecule has 0 aliphatic carbocycles. The summed E-state index contributed by atoms with van der Waals surface area (Å²) >= 11 is 0. The number of carbonyl (C=O) groups excluding carboxylic acids is 3. The summed E-state index contributed by atoms with van der Waals surface area (Å²) in [5.74, 6) is -0.436. The van der Waals surface area contributed by atoms with Crippen molar-refractivity contribution in [2.24, 2.45) is 0 Å². The van der Waals surface area contributed by atoms with Gasteiger partial charge in [-0.1, -0.05) is 43.0 Å². The summed E-state index contributed by atoms with van der Waals surface area (Å²) in [6.07, 6.45) is 3.07. The summed E-state index contributed by atoms with van der Waals surface area (Å²) in [6, 6.07) is 16.8. The van der Waals surface area contributed by atoms with E-state index in [2.05, 4.69) is 11.9 Å². The Balaban J connectivity index is 1.82. The molecule has 1 N–H and O–H groups in total. The number of nitrogens with one attached hydrogen (secondary N) is 1. The van der Waals surface area contributed by atoms with Crippen LogP contribution in [-0.2, 0) is 9.59 Å². The van der Waals surface area contributed by atoms with Gasteiger partial charge in [-0.05, 0) is 47.2 Å². The van der Waals surface area contributed by atoms with Gasteiger partial charge >= 0.3 is 6.03 Å². The molecule has 0 atom stereocenters. The fraction of sp³-hybridized carbons (Fsp3) is 0.0800. The van der Waals surface area contributed by atoms with Gasteiger partial charge in [0.05, 0.1) is 12.8 Å². The van der Waals surface area contributed by atoms with Crippen molar-refractivity contribution in [2.75, 3.05) is 18.6 Å². The maximum absolute atomic E-state index is 13.3. The lowest BCUT2D eigenvalue weighted by molar-refractivity contribution is -0.122. The van der Waals surface area contributed by atoms with Gasteiger partial charge in [-0.3, -0.25) is 14.9 Å². The summed E-state index contributed by atoms with van der Waals surface area (Å²) in [7, 11) is 1.52. The highest BCUT2D eigenvalue weighted by Crippen LogP contribution is 2.32. The zero-order valence-electron chi connectivity index (χ0n) is 17.3. The average molecular weight is 428 g/mol. The first-order chi connectivity index (χ1) is 15.5. The lowest BCUT2D eigenvalue weighted by atomic mass is 9.99. The number of hydrogen-bond acceptors (Lipinski definition) is 5. The molecule has 1 fully saturated rings. The van der Waals surface area contributed by atoms with E-state index in [1.807, 2.05) is 30.3 Å². The predicted octanol–water partition coefficient (Wildman–Crippen LogP) is 4.08. The largest absolute Gasteiger partial charge is 0.497 e. The van der Waals surface area contributed by atoms with E-state index in [0.29, 0.717) is 22.7 Å². The Labute approximate surface area is 184 Å². The van der Waals surface area contributed by atoms with Gasteiger partial charge in [0, 0.05) is 5.56 Å². The zero-order valence-corrected chi connectivity index (χ0v) is 17.3. The Morgan fingerprint density at radius 1 is 1.00 bits per heavy atom. The summed E-state index contributed by atoms with van der Waals surface area (Å²) in [6.45, 7) is 3.92. The molecule has 7 heteroatoms. The van der Waals surface area contributed by atoms with Crippen molar-refractivity contribution < 1.29 is 23.9 Å². The van der Waals surface area contributed by atoms with Crippen LogP contribution in [0.3, 0.4) is 0 Å². The fourth-order valence-electron chi connectivity index (χ4n) is 3.47. The van der Waals surface area contributed by atoms with Crippen LogP contribution in [0.4, 0.5) is 10.5 Å². The molecule has 4 rings (SSSR count). The van der Waals surface area contributed by atoms with Gasteiger partial charge in [-0.25, -0.2) is 9.69 Å². The van der Waals surface area contributed by atoms with Gasteiger partial charge in [-0.2, -0.15) is 0 Å². The molecule has 4 amide bonds. The summed E-state index contributed by atoms with van der Waals surface area (Å²) < 4.78 is 10.9. The smallest absolute Gasteiger partial charge is 0.335 e. The molecule has 1 aliphatic rings. The second kappa shape index (κ2) is 8.77. The number of fused-ring (bicyclic) bond motifs is 1. The molecule has 3 aromatic carbocycles. The van der Waals surface area contributed by atoms with Crippen LogP contribution >= 0.6 is 0 Å². The standard InChI is InChI=1S/C25H20N2O5/c1-3-14-32-22-13-8-16-6-4-5-7-19(16)20(22)15-21-23(28)26-25(30)27(24(21)29)17-9-11-18(31-2)12-10-17/h3-13,15H,1,14H2,2H3,(H,26,28,30)/b21-15+. The van der Waals surface area contributed by atoms with Gasteiger partial charge in [0.2, 0.25) is 0 Å². The van der Waals surface area contributed by atoms with Crippen LogP contribution in [-0.4, -0.2) is 31.6 Å². The van der Waals surface area contributed by atoms with E-state index in [0.717, 1.165) is 15.7 Å². The zero-order chi connectivity index (χ0) is 22.7. The summed E-state index contributed by atoms with van der Waals surface area (Å²) in [5.41, 5.74) is 0.695. The van der Waals surface area contributed by atoms with Crippen LogP contribution in [0.2, 0.25) is 0 Å². The molecule has 0 bridgehead atoms. The maximum atomic E-state index is 13.3. The Hall–Kier alpha value is -4.39. The highest BCUT2D eigenvalue weighted by molar-refractivity contribution is 6.39. The third-order valence-electron chi connectivity index (χ3n) is 5.01. The van der Waals surface area contributed by atoms with Crippen molar-refractivity contribution in [3.8, 4) is 11.5 Å². The number of urea groups is 1. The molecule has 0 unspecified atom stereocenters. The highest BCUT2D eigenvalue weighted by atomic mass is 16.5. The first-order valence-corrected chi connectivity index (χ1v) is 9.84. The highest BCUT2D eigenvalue weighted by Gasteiger charge is 2.37. The lowest BCUT2D eigenvalue weighted by Gasteiger charge is -2.26. The molecular formula is C25H20N2O5. The number of benzene rings is 3. The number of carbonyl (C=O) groups is 3. The van der Waals surface area contributed by atoms with Crippen molar-refractivity contribution >= 4 is 40.4 Å². The molecular weight excluding hydrogens is 408 g/mol. The van der Waals surface area contributed by atoms with E-state index in [-0.39, 0.29) is 12.2 Å². The molecule has 0 aromatic heterocycles. The monoisotopic (exact) mass is 428 g/mol. The van der Waals surface area contributed by atoms with Crippen molar-refractivity contribution in [1.29, 1.82) is 0 Å². The van der Waals surface area contributed by atoms with Crippen molar-refractivity contribution in [1.82, 2.24) is 5.32 Å². The minimum Gasteiger partial charge on any atom is -0.497 e. The van der Waals surface area contributed by atoms with E-state index in [4.69, 9.17) is 9.47 Å². The number of rotatable bonds is 6. The van der Waals surface area contributed by atoms with E-state index in [1.54, 1.807) is 36.4 Å². The number of ether oxygens (including phenoxy) is 2. The van der Waals surface area contributed by atoms with Crippen LogP contribution in [0.15, 0.2) is 78.9 Å². The Kier molecular flexibility index (Phi) is 5.72. The molecule has 1 heterocycles. The molecule has 0 radical (unpaired) electrons. The molecule has 160 valence electrons. The van der Waals surface area contributed by atoms with E-state index in [1.165, 1.54) is 13.2 Å². The third kappa shape index (κ3) is 3.83. The van der Waals surface area contributed by atoms with Crippen molar-refractivity contribution in [3.05, 3.63) is 84.5 Å². The van der Waals surface area contributed by atoms with Gasteiger partial charge in [0.15, 0.2) is 0 Å². The minimum absolute atomic E-state index is 0.180. The quantitative estimate of drug-likeness (QED) is 0.363. The number of anilines is 1. The fourth-order valence-corrected chi connectivity index (χ4v) is 3.47. The maximum Gasteiger partial charge on any atom is 0.335 e. The van der Waals surface area contributed by atoms with E-state index < -0.39 is 17.8 Å². The second-order valence-electron chi connectivity index (χ2n) is 6.95. The molecule has 1 aliphatic heterocycles. The topological polar surface area (TPSA) is 84.9 Å². The Bertz CT molecular complexity index is 1260. The number of imide groups is 2. The first-order valence-electron chi connectivity index (χ1n) is 9.84. The van der Waals surface area contributed by atoms with Crippen LogP contribution in [0.5, 0.6) is 11.5 Å². The molecule has 7 nitrogen and oxygen atoms in total. The lowest BCUT2D eigenvalue weighted by Crippen LogP contribution is -2.54. The molecule has 0 saturated carbocycles. The van der Waals surface area contributed by atoms with E-state index in [9.17, 15) is 14.4 Å². The SMILES string of the molecule is C=CCOc1ccc2ccccc2c1/C=C1\C(=O)NC(=O)N(c2ccc(OC)cc2)C1=O. The van der Waals surface area contributed by atoms with Gasteiger partial charge in [-0.15, -0.1) is 0 Å². The number of methoxy groups -OCH3 is 1. The first kappa shape index (κ1) is 20.9. The van der Waals surface area contributed by atoms with Gasteiger partial charge in [0.1, 0.15) is 23.7 Å². The predicted molar refractivity (Wildman–Crippen MR) is 122 cm³/mol. The number of barbiturate groups is 1. The van der Waals surface area contributed by atoms with Gasteiger partial charge < -0.3 is 9.47 Å². The normalized spacial score (nSPS) is 15.1. The summed E-state index contributed by atoms with van der Waals surface area (Å²) in [4.78, 5) is 39.3. The Morgan fingerprint density at radius 3 is 2.47 bits per heavy atom. The molecule has 32 heavy (non-hydrogen) atoms. The van der Waals surface area contributed by atoms with Crippen LogP contribution in [0, 0.1) is 0 Å². The number of amides is 4. The summed E-state index contributed by atoms with van der Waals surface area (Å²) in [5, 5.41) is 3.95. The molecule has 3 aromatic rings. The van der Waals surface area contributed by atoms with E-state index >= 15 is 0 Å². The van der Waals surface area contributed by atoms with Crippen LogP contribution in [0.1, 0.15) is 5.56 Å². The van der Waals surface area contributed by atoms with Crippen molar-refractivity contribution in [2.45, 2.75) is 0 Å². The van der Waals surface area contributed by atoms with Gasteiger partial charge in [0.25, 0.3) is 11.8 Å². The number of nitrogens with zero attached hydrogens (tertiary/aromatic N) is 1. The third-order valence-corrected chi connectivity index (χ3v) is 5.01. The second-order valence-corrected chi connectivity index (χ2v) is 6.95.